The molecule has 0 amide bonds. The largest absolute Gasteiger partial charge is 0.466 e. The summed E-state index contributed by atoms with van der Waals surface area (Å²) < 4.78 is 21.6. The van der Waals surface area contributed by atoms with Gasteiger partial charge in [0.15, 0.2) is 0 Å². The van der Waals surface area contributed by atoms with Gasteiger partial charge in [-0.2, -0.15) is 0 Å². The molecule has 2 atom stereocenters. The molecule has 0 unspecified atom stereocenters. The lowest BCUT2D eigenvalue weighted by Crippen LogP contribution is -2.48. The van der Waals surface area contributed by atoms with Gasteiger partial charge in [-0.25, -0.2) is 4.79 Å². The first kappa shape index (κ1) is 18.0. The molecule has 6 heteroatoms. The first-order valence-electron chi connectivity index (χ1n) is 7.69. The Morgan fingerprint density at radius 1 is 1.25 bits per heavy atom. The van der Waals surface area contributed by atoms with Gasteiger partial charge in [0.05, 0.1) is 19.8 Å². The second-order valence-corrected chi connectivity index (χ2v) is 5.65. The Bertz CT molecular complexity index is 638. The van der Waals surface area contributed by atoms with Crippen molar-refractivity contribution < 1.29 is 28.5 Å². The number of ether oxygens (including phenoxy) is 4. The second-order valence-electron chi connectivity index (χ2n) is 5.65. The summed E-state index contributed by atoms with van der Waals surface area (Å²) in [5.41, 5.74) is -0.491. The van der Waals surface area contributed by atoms with E-state index in [9.17, 15) is 9.59 Å². The number of hydrogen-bond acceptors (Lipinski definition) is 6. The minimum atomic E-state index is -1.39. The number of carbonyl (C=O) groups excluding carboxylic acids is 2. The molecule has 130 valence electrons. The van der Waals surface area contributed by atoms with Crippen LogP contribution in [-0.2, 0) is 34.3 Å². The summed E-state index contributed by atoms with van der Waals surface area (Å²) in [6.45, 7) is 3.68. The third-order valence-corrected chi connectivity index (χ3v) is 4.18. The predicted molar refractivity (Wildman–Crippen MR) is 85.7 cm³/mol. The van der Waals surface area contributed by atoms with E-state index in [4.69, 9.17) is 14.2 Å². The average Bonchev–Trinajstić information content (AvgIpc) is 2.89. The Labute approximate surface area is 141 Å². The maximum Gasteiger partial charge on any atom is 0.333 e. The Morgan fingerprint density at radius 3 is 2.46 bits per heavy atom. The summed E-state index contributed by atoms with van der Waals surface area (Å²) in [6.07, 6.45) is 1.38. The molecule has 6 nitrogen and oxygen atoms in total. The monoisotopic (exact) mass is 334 g/mol. The van der Waals surface area contributed by atoms with E-state index in [2.05, 4.69) is 4.74 Å². The topological polar surface area (TPSA) is 71.1 Å². The van der Waals surface area contributed by atoms with Gasteiger partial charge in [0.2, 0.25) is 0 Å². The molecule has 0 bridgehead atoms. The zero-order chi connectivity index (χ0) is 17.8. The van der Waals surface area contributed by atoms with E-state index < -0.39 is 23.1 Å². The SMILES string of the molecule is CCOC(=O)[C@]1(C)C/C(=C\C(=O)OC)O[C@@]1(OC)c1ccccc1. The zero-order valence-electron chi connectivity index (χ0n) is 14.3. The van der Waals surface area contributed by atoms with Gasteiger partial charge in [-0.05, 0) is 13.8 Å². The molecule has 0 aromatic heterocycles. The van der Waals surface area contributed by atoms with Crippen molar-refractivity contribution in [3.05, 3.63) is 47.7 Å². The van der Waals surface area contributed by atoms with Crippen molar-refractivity contribution >= 4 is 11.9 Å². The molecule has 1 aromatic rings. The van der Waals surface area contributed by atoms with Gasteiger partial charge < -0.3 is 18.9 Å². The molecule has 1 saturated heterocycles. The van der Waals surface area contributed by atoms with Crippen molar-refractivity contribution in [3.63, 3.8) is 0 Å². The molecule has 0 radical (unpaired) electrons. The lowest BCUT2D eigenvalue weighted by molar-refractivity contribution is -0.246. The molecule has 0 N–H and O–H groups in total. The van der Waals surface area contributed by atoms with Crippen molar-refractivity contribution in [2.24, 2.45) is 5.41 Å². The first-order chi connectivity index (χ1) is 11.4. The maximum atomic E-state index is 12.7. The van der Waals surface area contributed by atoms with Crippen LogP contribution in [0.5, 0.6) is 0 Å². The molecule has 0 saturated carbocycles. The average molecular weight is 334 g/mol. The number of rotatable bonds is 5. The molecule has 1 heterocycles. The van der Waals surface area contributed by atoms with Gasteiger partial charge in [-0.15, -0.1) is 0 Å². The Hall–Kier alpha value is -2.34. The van der Waals surface area contributed by atoms with Crippen molar-refractivity contribution in [2.45, 2.75) is 26.1 Å². The molecule has 1 fully saturated rings. The number of esters is 2. The van der Waals surface area contributed by atoms with Crippen LogP contribution in [0.2, 0.25) is 0 Å². The smallest absolute Gasteiger partial charge is 0.333 e. The third-order valence-electron chi connectivity index (χ3n) is 4.18. The number of allylic oxidation sites excluding steroid dienone is 1. The van der Waals surface area contributed by atoms with Gasteiger partial charge in [0, 0.05) is 19.1 Å². The second kappa shape index (κ2) is 7.05. The van der Waals surface area contributed by atoms with E-state index in [0.717, 1.165) is 0 Å². The van der Waals surface area contributed by atoms with Crippen LogP contribution in [0.15, 0.2) is 42.2 Å². The fourth-order valence-electron chi connectivity index (χ4n) is 2.99. The minimum absolute atomic E-state index is 0.156. The van der Waals surface area contributed by atoms with Gasteiger partial charge in [-0.3, -0.25) is 4.79 Å². The minimum Gasteiger partial charge on any atom is -0.466 e. The van der Waals surface area contributed by atoms with Crippen LogP contribution in [0, 0.1) is 5.41 Å². The highest BCUT2D eigenvalue weighted by atomic mass is 16.7. The normalized spacial score (nSPS) is 27.6. The first-order valence-corrected chi connectivity index (χ1v) is 7.69. The van der Waals surface area contributed by atoms with Crippen LogP contribution in [0.3, 0.4) is 0 Å². The summed E-state index contributed by atoms with van der Waals surface area (Å²) in [6, 6.07) is 9.12. The van der Waals surface area contributed by atoms with Crippen LogP contribution >= 0.6 is 0 Å². The van der Waals surface area contributed by atoms with Gasteiger partial charge in [0.25, 0.3) is 5.79 Å². The molecule has 24 heavy (non-hydrogen) atoms. The fraction of sp³-hybridized carbons (Fsp3) is 0.444. The predicted octanol–water partition coefficient (Wildman–Crippen LogP) is 2.53. The van der Waals surface area contributed by atoms with E-state index in [1.54, 1.807) is 13.8 Å². The molecular weight excluding hydrogens is 312 g/mol. The number of carbonyl (C=O) groups is 2. The maximum absolute atomic E-state index is 12.7. The van der Waals surface area contributed by atoms with Gasteiger partial charge >= 0.3 is 11.9 Å². The number of hydrogen-bond donors (Lipinski definition) is 0. The lowest BCUT2D eigenvalue weighted by Gasteiger charge is -2.38. The summed E-state index contributed by atoms with van der Waals surface area (Å²) >= 11 is 0. The van der Waals surface area contributed by atoms with E-state index in [1.165, 1.54) is 20.3 Å². The highest BCUT2D eigenvalue weighted by Gasteiger charge is 2.63. The Kier molecular flexibility index (Phi) is 5.29. The molecule has 1 aliphatic heterocycles. The summed E-state index contributed by atoms with van der Waals surface area (Å²) in [5.74, 6) is -2.09. The van der Waals surface area contributed by atoms with Crippen molar-refractivity contribution in [2.75, 3.05) is 20.8 Å². The summed E-state index contributed by atoms with van der Waals surface area (Å²) in [7, 11) is 2.74. The van der Waals surface area contributed by atoms with Crippen molar-refractivity contribution in [1.29, 1.82) is 0 Å². The molecular formula is C18H22O6. The number of methoxy groups -OCH3 is 2. The van der Waals surface area contributed by atoms with E-state index in [-0.39, 0.29) is 13.0 Å². The molecule has 1 aliphatic rings. The van der Waals surface area contributed by atoms with E-state index in [0.29, 0.717) is 11.3 Å². The molecule has 1 aromatic carbocycles. The number of benzene rings is 1. The van der Waals surface area contributed by atoms with Crippen LogP contribution in [0.4, 0.5) is 0 Å². The van der Waals surface area contributed by atoms with E-state index in [1.807, 2.05) is 30.3 Å². The van der Waals surface area contributed by atoms with E-state index >= 15 is 0 Å². The van der Waals surface area contributed by atoms with Crippen molar-refractivity contribution in [1.82, 2.24) is 0 Å². The third kappa shape index (κ3) is 2.89. The van der Waals surface area contributed by atoms with Crippen LogP contribution < -0.4 is 0 Å². The highest BCUT2D eigenvalue weighted by molar-refractivity contribution is 5.84. The Morgan fingerprint density at radius 2 is 1.92 bits per heavy atom. The van der Waals surface area contributed by atoms with Crippen LogP contribution in [0.25, 0.3) is 0 Å². The lowest BCUT2D eigenvalue weighted by atomic mass is 9.76. The summed E-state index contributed by atoms with van der Waals surface area (Å²) in [4.78, 5) is 24.3. The van der Waals surface area contributed by atoms with Gasteiger partial charge in [-0.1, -0.05) is 30.3 Å². The van der Waals surface area contributed by atoms with Crippen LogP contribution in [0.1, 0.15) is 25.8 Å². The quantitative estimate of drug-likeness (QED) is 0.609. The molecule has 0 spiro atoms. The molecule has 2 rings (SSSR count). The Balaban J connectivity index is 2.57. The molecule has 0 aliphatic carbocycles. The highest BCUT2D eigenvalue weighted by Crippen LogP contribution is 2.55. The summed E-state index contributed by atoms with van der Waals surface area (Å²) in [5, 5.41) is 0. The van der Waals surface area contributed by atoms with Gasteiger partial charge in [0.1, 0.15) is 11.2 Å². The van der Waals surface area contributed by atoms with Crippen LogP contribution in [-0.4, -0.2) is 32.8 Å². The zero-order valence-corrected chi connectivity index (χ0v) is 14.3. The fourth-order valence-corrected chi connectivity index (χ4v) is 2.99. The standard InChI is InChI=1S/C18H22O6/c1-5-23-16(20)17(2)12-14(11-15(19)21-3)24-18(17,22-4)13-9-7-6-8-10-13/h6-11H,5,12H2,1-4H3/b14-11+/t17-,18-/m0/s1. The van der Waals surface area contributed by atoms with Crippen molar-refractivity contribution in [3.8, 4) is 0 Å².